The normalized spacial score (nSPS) is 10.7. The van der Waals surface area contributed by atoms with Gasteiger partial charge in [-0.25, -0.2) is 4.68 Å². The molecule has 0 aliphatic carbocycles. The van der Waals surface area contributed by atoms with Crippen LogP contribution in [0.2, 0.25) is 0 Å². The van der Waals surface area contributed by atoms with Gasteiger partial charge in [0.05, 0.1) is 30.1 Å². The van der Waals surface area contributed by atoms with Gasteiger partial charge < -0.3 is 10.4 Å². The molecule has 0 saturated heterocycles. The van der Waals surface area contributed by atoms with Gasteiger partial charge in [0.2, 0.25) is 0 Å². The number of benzene rings is 1. The number of hydrogen-bond acceptors (Lipinski definition) is 6. The maximum absolute atomic E-state index is 10.6. The van der Waals surface area contributed by atoms with Crippen LogP contribution >= 0.6 is 0 Å². The van der Waals surface area contributed by atoms with Crippen molar-refractivity contribution in [2.75, 3.05) is 5.32 Å². The molecule has 0 fully saturated rings. The summed E-state index contributed by atoms with van der Waals surface area (Å²) in [5.74, 6) is -0.955. The smallest absolute Gasteiger partial charge is 0.325 e. The van der Waals surface area contributed by atoms with Crippen molar-refractivity contribution in [2.45, 2.75) is 13.1 Å². The highest BCUT2D eigenvalue weighted by atomic mass is 16.4. The predicted octanol–water partition coefficient (Wildman–Crippen LogP) is 0.918. The van der Waals surface area contributed by atoms with E-state index in [9.17, 15) is 4.79 Å². The second kappa shape index (κ2) is 5.53. The van der Waals surface area contributed by atoms with Crippen LogP contribution in [0.25, 0.3) is 10.9 Å². The van der Waals surface area contributed by atoms with Gasteiger partial charge in [0, 0.05) is 5.39 Å². The first-order valence-corrected chi connectivity index (χ1v) is 6.27. The number of aromatic nitrogens is 5. The monoisotopic (exact) mass is 284 g/mol. The van der Waals surface area contributed by atoms with E-state index in [0.717, 1.165) is 16.6 Å². The molecule has 106 valence electrons. The van der Waals surface area contributed by atoms with E-state index in [4.69, 9.17) is 5.11 Å². The average Bonchev–Trinajstić information content (AvgIpc) is 2.92. The van der Waals surface area contributed by atoms with E-state index < -0.39 is 5.97 Å². The standard InChI is InChI=1S/C13H12N6O2/c20-13(21)8-19-7-9(16-18-19)5-14-12-6-15-17-11-4-2-1-3-10(11)12/h1-4,6-7H,5,8H2,(H,14,17)(H,20,21). The Labute approximate surface area is 119 Å². The van der Waals surface area contributed by atoms with Crippen LogP contribution in [0.5, 0.6) is 0 Å². The molecule has 8 nitrogen and oxygen atoms in total. The van der Waals surface area contributed by atoms with Crippen molar-refractivity contribution in [2.24, 2.45) is 0 Å². The Bertz CT molecular complexity index is 780. The van der Waals surface area contributed by atoms with E-state index in [1.807, 2.05) is 24.3 Å². The molecule has 0 bridgehead atoms. The molecule has 3 rings (SSSR count). The van der Waals surface area contributed by atoms with Crippen molar-refractivity contribution < 1.29 is 9.90 Å². The zero-order valence-corrected chi connectivity index (χ0v) is 11.0. The van der Waals surface area contributed by atoms with E-state index in [1.54, 1.807) is 12.4 Å². The topological polar surface area (TPSA) is 106 Å². The van der Waals surface area contributed by atoms with Crippen LogP contribution in [0.4, 0.5) is 5.69 Å². The zero-order chi connectivity index (χ0) is 14.7. The summed E-state index contributed by atoms with van der Waals surface area (Å²) < 4.78 is 1.28. The maximum Gasteiger partial charge on any atom is 0.325 e. The Morgan fingerprint density at radius 3 is 3.00 bits per heavy atom. The van der Waals surface area contributed by atoms with E-state index in [0.29, 0.717) is 12.2 Å². The molecule has 0 amide bonds. The minimum Gasteiger partial charge on any atom is -0.480 e. The van der Waals surface area contributed by atoms with Crippen molar-refractivity contribution in [3.05, 3.63) is 42.4 Å². The first-order chi connectivity index (χ1) is 10.2. The lowest BCUT2D eigenvalue weighted by Gasteiger charge is -2.06. The van der Waals surface area contributed by atoms with Crippen LogP contribution in [-0.2, 0) is 17.9 Å². The Hall–Kier alpha value is -3.03. The third kappa shape index (κ3) is 2.94. The lowest BCUT2D eigenvalue weighted by molar-refractivity contribution is -0.137. The summed E-state index contributed by atoms with van der Waals surface area (Å²) in [6.07, 6.45) is 3.24. The maximum atomic E-state index is 10.6. The van der Waals surface area contributed by atoms with E-state index in [-0.39, 0.29) is 6.54 Å². The van der Waals surface area contributed by atoms with Gasteiger partial charge in [0.15, 0.2) is 0 Å². The molecule has 2 N–H and O–H groups in total. The van der Waals surface area contributed by atoms with Crippen LogP contribution in [0.15, 0.2) is 36.7 Å². The number of carboxylic acid groups (broad SMARTS) is 1. The summed E-state index contributed by atoms with van der Waals surface area (Å²) in [4.78, 5) is 10.6. The molecular weight excluding hydrogens is 272 g/mol. The number of aliphatic carboxylic acids is 1. The summed E-state index contributed by atoms with van der Waals surface area (Å²) in [5.41, 5.74) is 2.29. The van der Waals surface area contributed by atoms with Gasteiger partial charge in [-0.05, 0) is 6.07 Å². The minimum absolute atomic E-state index is 0.202. The van der Waals surface area contributed by atoms with Gasteiger partial charge in [0.25, 0.3) is 0 Å². The molecule has 8 heteroatoms. The molecular formula is C13H12N6O2. The molecule has 2 heterocycles. The lowest BCUT2D eigenvalue weighted by Crippen LogP contribution is -2.09. The van der Waals surface area contributed by atoms with Gasteiger partial charge >= 0.3 is 5.97 Å². The third-order valence-corrected chi connectivity index (χ3v) is 2.89. The number of carbonyl (C=O) groups is 1. The van der Waals surface area contributed by atoms with Crippen LogP contribution in [-0.4, -0.2) is 36.3 Å². The summed E-state index contributed by atoms with van der Waals surface area (Å²) in [7, 11) is 0. The van der Waals surface area contributed by atoms with Crippen molar-refractivity contribution in [1.29, 1.82) is 0 Å². The Morgan fingerprint density at radius 1 is 1.29 bits per heavy atom. The highest BCUT2D eigenvalue weighted by molar-refractivity contribution is 5.90. The molecule has 0 saturated carbocycles. The summed E-state index contributed by atoms with van der Waals surface area (Å²) >= 11 is 0. The number of rotatable bonds is 5. The number of anilines is 1. The quantitative estimate of drug-likeness (QED) is 0.717. The largest absolute Gasteiger partial charge is 0.480 e. The lowest BCUT2D eigenvalue weighted by atomic mass is 10.2. The van der Waals surface area contributed by atoms with Crippen molar-refractivity contribution in [3.63, 3.8) is 0 Å². The zero-order valence-electron chi connectivity index (χ0n) is 11.0. The molecule has 21 heavy (non-hydrogen) atoms. The minimum atomic E-state index is -0.955. The highest BCUT2D eigenvalue weighted by Crippen LogP contribution is 2.20. The molecule has 0 aliphatic rings. The fourth-order valence-electron chi connectivity index (χ4n) is 1.97. The number of nitrogens with one attached hydrogen (secondary N) is 1. The molecule has 0 aliphatic heterocycles. The van der Waals surface area contributed by atoms with E-state index in [1.165, 1.54) is 4.68 Å². The molecule has 1 aromatic carbocycles. The number of hydrogen-bond donors (Lipinski definition) is 2. The fraction of sp³-hybridized carbons (Fsp3) is 0.154. The van der Waals surface area contributed by atoms with Crippen molar-refractivity contribution >= 4 is 22.6 Å². The number of carboxylic acids is 1. The summed E-state index contributed by atoms with van der Waals surface area (Å²) in [6.45, 7) is 0.224. The third-order valence-electron chi connectivity index (χ3n) is 2.89. The second-order valence-corrected chi connectivity index (χ2v) is 4.43. The second-order valence-electron chi connectivity index (χ2n) is 4.43. The SMILES string of the molecule is O=C(O)Cn1cc(CNc2cnnc3ccccc23)nn1. The Morgan fingerprint density at radius 2 is 2.14 bits per heavy atom. The van der Waals surface area contributed by atoms with Crippen LogP contribution < -0.4 is 5.32 Å². The van der Waals surface area contributed by atoms with Gasteiger partial charge in [-0.1, -0.05) is 23.4 Å². The Balaban J connectivity index is 1.74. The van der Waals surface area contributed by atoms with Gasteiger partial charge in [-0.2, -0.15) is 10.2 Å². The summed E-state index contributed by atoms with van der Waals surface area (Å²) in [6, 6.07) is 7.67. The number of fused-ring (bicyclic) bond motifs is 1. The van der Waals surface area contributed by atoms with E-state index >= 15 is 0 Å². The highest BCUT2D eigenvalue weighted by Gasteiger charge is 2.06. The molecule has 2 aromatic heterocycles. The first-order valence-electron chi connectivity index (χ1n) is 6.27. The van der Waals surface area contributed by atoms with Crippen molar-refractivity contribution in [3.8, 4) is 0 Å². The van der Waals surface area contributed by atoms with Crippen molar-refractivity contribution in [1.82, 2.24) is 25.2 Å². The molecule has 3 aromatic rings. The van der Waals surface area contributed by atoms with Crippen LogP contribution in [0.3, 0.4) is 0 Å². The first kappa shape index (κ1) is 13.0. The fourth-order valence-corrected chi connectivity index (χ4v) is 1.97. The molecule has 0 atom stereocenters. The van der Waals surface area contributed by atoms with Gasteiger partial charge in [-0.15, -0.1) is 5.10 Å². The van der Waals surface area contributed by atoms with Crippen LogP contribution in [0.1, 0.15) is 5.69 Å². The molecule has 0 radical (unpaired) electrons. The van der Waals surface area contributed by atoms with Gasteiger partial charge in [-0.3, -0.25) is 4.79 Å². The van der Waals surface area contributed by atoms with Gasteiger partial charge in [0.1, 0.15) is 12.2 Å². The van der Waals surface area contributed by atoms with E-state index in [2.05, 4.69) is 25.8 Å². The predicted molar refractivity (Wildman–Crippen MR) is 74.5 cm³/mol. The number of nitrogens with zero attached hydrogens (tertiary/aromatic N) is 5. The van der Waals surface area contributed by atoms with Crippen LogP contribution in [0, 0.1) is 0 Å². The Kier molecular flexibility index (Phi) is 3.42. The molecule has 0 spiro atoms. The molecule has 0 unspecified atom stereocenters. The summed E-state index contributed by atoms with van der Waals surface area (Å²) in [5, 5.41) is 28.5. The average molecular weight is 284 g/mol.